The number of nitrogens with zero attached hydrogens (tertiary/aromatic N) is 2. The average molecular weight is 354 g/mol. The van der Waals surface area contributed by atoms with Gasteiger partial charge in [-0.3, -0.25) is 9.59 Å². The highest BCUT2D eigenvalue weighted by molar-refractivity contribution is 7.09. The van der Waals surface area contributed by atoms with Gasteiger partial charge in [0.1, 0.15) is 16.2 Å². The van der Waals surface area contributed by atoms with E-state index < -0.39 is 23.2 Å². The summed E-state index contributed by atoms with van der Waals surface area (Å²) in [6, 6.07) is 4.26. The molecule has 0 bridgehead atoms. The second-order valence-corrected chi connectivity index (χ2v) is 5.67. The lowest BCUT2D eigenvalue weighted by Gasteiger charge is -2.09. The van der Waals surface area contributed by atoms with Crippen LogP contribution in [0.15, 0.2) is 29.1 Å². The molecular formula is C14H9F3N4O2S. The van der Waals surface area contributed by atoms with E-state index in [4.69, 9.17) is 0 Å². The number of hydrogen-bond donors (Lipinski definition) is 2. The molecule has 1 aromatic carbocycles. The Hall–Kier alpha value is -2.75. The highest BCUT2D eigenvalue weighted by Gasteiger charge is 2.30. The number of benzene rings is 1. The molecule has 6 nitrogen and oxygen atoms in total. The maximum Gasteiger partial charge on any atom is 0.416 e. The minimum absolute atomic E-state index is 0.0137. The van der Waals surface area contributed by atoms with Crippen LogP contribution >= 0.6 is 11.5 Å². The third-order valence-corrected chi connectivity index (χ3v) is 3.95. The van der Waals surface area contributed by atoms with Crippen molar-refractivity contribution >= 4 is 34.2 Å². The Morgan fingerprint density at radius 2 is 2.04 bits per heavy atom. The SMILES string of the molecule is Cc1nc2c(C(=O)Nc3cccc(C(F)(F)F)c3)snc2c(=O)[nH]1. The lowest BCUT2D eigenvalue weighted by Crippen LogP contribution is -2.14. The number of H-pyrrole nitrogens is 1. The van der Waals surface area contributed by atoms with Crippen LogP contribution in [0.1, 0.15) is 21.1 Å². The van der Waals surface area contributed by atoms with Gasteiger partial charge in [-0.1, -0.05) is 6.07 Å². The summed E-state index contributed by atoms with van der Waals surface area (Å²) in [6.07, 6.45) is -4.51. The summed E-state index contributed by atoms with van der Waals surface area (Å²) in [6.45, 7) is 1.55. The number of anilines is 1. The van der Waals surface area contributed by atoms with E-state index in [1.54, 1.807) is 6.92 Å². The van der Waals surface area contributed by atoms with E-state index in [-0.39, 0.29) is 21.6 Å². The Bertz CT molecular complexity index is 994. The van der Waals surface area contributed by atoms with E-state index in [9.17, 15) is 22.8 Å². The van der Waals surface area contributed by atoms with Gasteiger partial charge in [-0.2, -0.15) is 17.5 Å². The number of aromatic nitrogens is 3. The molecule has 0 atom stereocenters. The Morgan fingerprint density at radius 1 is 1.29 bits per heavy atom. The van der Waals surface area contributed by atoms with Crippen LogP contribution in [0.2, 0.25) is 0 Å². The molecule has 2 N–H and O–H groups in total. The first kappa shape index (κ1) is 16.1. The smallest absolute Gasteiger partial charge is 0.321 e. The molecule has 0 aliphatic carbocycles. The molecule has 2 heterocycles. The van der Waals surface area contributed by atoms with Crippen LogP contribution < -0.4 is 10.9 Å². The van der Waals surface area contributed by atoms with Crippen molar-refractivity contribution in [2.24, 2.45) is 0 Å². The van der Waals surface area contributed by atoms with Gasteiger partial charge in [0.2, 0.25) is 0 Å². The van der Waals surface area contributed by atoms with E-state index in [0.717, 1.165) is 23.7 Å². The van der Waals surface area contributed by atoms with Crippen LogP contribution in [0.5, 0.6) is 0 Å². The van der Waals surface area contributed by atoms with Crippen LogP contribution in [-0.2, 0) is 6.18 Å². The van der Waals surface area contributed by atoms with Gasteiger partial charge in [0.25, 0.3) is 11.5 Å². The van der Waals surface area contributed by atoms with Gasteiger partial charge >= 0.3 is 6.18 Å². The largest absolute Gasteiger partial charge is 0.416 e. The van der Waals surface area contributed by atoms with Gasteiger partial charge in [0, 0.05) is 5.69 Å². The fraction of sp³-hybridized carbons (Fsp3) is 0.143. The minimum Gasteiger partial charge on any atom is -0.321 e. The highest BCUT2D eigenvalue weighted by atomic mass is 32.1. The first-order chi connectivity index (χ1) is 11.3. The highest BCUT2D eigenvalue weighted by Crippen LogP contribution is 2.31. The van der Waals surface area contributed by atoms with Gasteiger partial charge in [0.15, 0.2) is 5.52 Å². The lowest BCUT2D eigenvalue weighted by molar-refractivity contribution is -0.137. The summed E-state index contributed by atoms with van der Waals surface area (Å²) in [5.41, 5.74) is -1.24. The van der Waals surface area contributed by atoms with E-state index in [1.807, 2.05) is 0 Å². The van der Waals surface area contributed by atoms with Crippen molar-refractivity contribution in [1.29, 1.82) is 0 Å². The third kappa shape index (κ3) is 3.00. The Labute approximate surface area is 136 Å². The molecule has 1 amide bonds. The molecule has 10 heteroatoms. The molecule has 0 saturated heterocycles. The Morgan fingerprint density at radius 3 is 2.75 bits per heavy atom. The molecule has 0 saturated carbocycles. The molecule has 24 heavy (non-hydrogen) atoms. The van der Waals surface area contributed by atoms with Crippen molar-refractivity contribution in [3.05, 3.63) is 50.9 Å². The molecule has 0 aliphatic rings. The lowest BCUT2D eigenvalue weighted by atomic mass is 10.2. The molecule has 0 aliphatic heterocycles. The summed E-state index contributed by atoms with van der Waals surface area (Å²) < 4.78 is 42.0. The quantitative estimate of drug-likeness (QED) is 0.741. The van der Waals surface area contributed by atoms with Crippen LogP contribution in [0, 0.1) is 6.92 Å². The zero-order valence-corrected chi connectivity index (χ0v) is 12.9. The van der Waals surface area contributed by atoms with Gasteiger partial charge < -0.3 is 10.3 Å². The third-order valence-electron chi connectivity index (χ3n) is 3.11. The number of fused-ring (bicyclic) bond motifs is 1. The number of hydrogen-bond acceptors (Lipinski definition) is 5. The Balaban J connectivity index is 1.95. The summed E-state index contributed by atoms with van der Waals surface area (Å²) in [5, 5.41) is 2.37. The van der Waals surface area contributed by atoms with Crippen molar-refractivity contribution in [3.63, 3.8) is 0 Å². The zero-order chi connectivity index (χ0) is 17.5. The van der Waals surface area contributed by atoms with E-state index in [1.165, 1.54) is 12.1 Å². The zero-order valence-electron chi connectivity index (χ0n) is 12.1. The Kier molecular flexibility index (Phi) is 3.84. The topological polar surface area (TPSA) is 87.7 Å². The molecule has 2 aromatic heterocycles. The van der Waals surface area contributed by atoms with E-state index >= 15 is 0 Å². The van der Waals surface area contributed by atoms with Crippen LogP contribution in [-0.4, -0.2) is 20.2 Å². The molecule has 0 spiro atoms. The average Bonchev–Trinajstić information content (AvgIpc) is 2.90. The van der Waals surface area contributed by atoms with Gasteiger partial charge in [-0.15, -0.1) is 0 Å². The standard InChI is InChI=1S/C14H9F3N4O2S/c1-6-18-9-10(12(22)19-6)21-24-11(9)13(23)20-8-4-2-3-7(5-8)14(15,16)17/h2-5H,1H3,(H,20,23)(H,18,19,22). The van der Waals surface area contributed by atoms with Gasteiger partial charge in [0.05, 0.1) is 5.56 Å². The summed E-state index contributed by atoms with van der Waals surface area (Å²) >= 11 is 0.756. The maximum atomic E-state index is 12.7. The fourth-order valence-corrected chi connectivity index (χ4v) is 2.78. The number of aryl methyl sites for hydroxylation is 1. The first-order valence-electron chi connectivity index (χ1n) is 6.60. The number of carbonyl (C=O) groups excluding carboxylic acids is 1. The first-order valence-corrected chi connectivity index (χ1v) is 7.38. The van der Waals surface area contributed by atoms with Crippen molar-refractivity contribution in [1.82, 2.24) is 14.3 Å². The molecule has 3 rings (SSSR count). The number of halogens is 3. The van der Waals surface area contributed by atoms with Gasteiger partial charge in [-0.25, -0.2) is 4.98 Å². The predicted octanol–water partition coefficient (Wildman–Crippen LogP) is 2.96. The normalized spacial score (nSPS) is 11.7. The summed E-state index contributed by atoms with van der Waals surface area (Å²) in [4.78, 5) is 30.6. The maximum absolute atomic E-state index is 12.7. The molecule has 0 unspecified atom stereocenters. The molecule has 124 valence electrons. The summed E-state index contributed by atoms with van der Waals surface area (Å²) in [7, 11) is 0. The van der Waals surface area contributed by atoms with Crippen molar-refractivity contribution in [3.8, 4) is 0 Å². The number of aromatic amines is 1. The van der Waals surface area contributed by atoms with E-state index in [2.05, 4.69) is 19.7 Å². The fourth-order valence-electron chi connectivity index (χ4n) is 2.07. The monoisotopic (exact) mass is 354 g/mol. The van der Waals surface area contributed by atoms with Gasteiger partial charge in [-0.05, 0) is 36.7 Å². The van der Waals surface area contributed by atoms with Crippen LogP contribution in [0.4, 0.5) is 18.9 Å². The second-order valence-electron chi connectivity index (χ2n) is 4.89. The van der Waals surface area contributed by atoms with Crippen LogP contribution in [0.25, 0.3) is 11.0 Å². The van der Waals surface area contributed by atoms with Crippen molar-refractivity contribution < 1.29 is 18.0 Å². The van der Waals surface area contributed by atoms with Crippen molar-refractivity contribution in [2.75, 3.05) is 5.32 Å². The minimum atomic E-state index is -4.51. The molecule has 3 aromatic rings. The van der Waals surface area contributed by atoms with Crippen LogP contribution in [0.3, 0.4) is 0 Å². The summed E-state index contributed by atoms with van der Waals surface area (Å²) in [5.74, 6) is -0.375. The number of amides is 1. The number of alkyl halides is 3. The number of rotatable bonds is 2. The number of carbonyl (C=O) groups is 1. The molecule has 0 fully saturated rings. The molecular weight excluding hydrogens is 345 g/mol. The number of nitrogens with one attached hydrogen (secondary N) is 2. The predicted molar refractivity (Wildman–Crippen MR) is 82.2 cm³/mol. The second kappa shape index (κ2) is 5.71. The van der Waals surface area contributed by atoms with Crippen molar-refractivity contribution in [2.45, 2.75) is 13.1 Å². The van der Waals surface area contributed by atoms with E-state index in [0.29, 0.717) is 5.82 Å². The molecule has 0 radical (unpaired) electrons.